The van der Waals surface area contributed by atoms with Crippen molar-refractivity contribution >= 4 is 57.2 Å². The molecule has 0 unspecified atom stereocenters. The van der Waals surface area contributed by atoms with E-state index in [0.29, 0.717) is 11.8 Å². The van der Waals surface area contributed by atoms with Crippen molar-refractivity contribution in [1.29, 1.82) is 0 Å². The Morgan fingerprint density at radius 3 is 1.12 bits per heavy atom. The number of nitrogens with zero attached hydrogens (tertiary/aromatic N) is 4. The van der Waals surface area contributed by atoms with E-state index in [2.05, 4.69) is 227 Å². The van der Waals surface area contributed by atoms with Gasteiger partial charge in [-0.2, -0.15) is 0 Å². The van der Waals surface area contributed by atoms with Crippen LogP contribution < -0.4 is 26.2 Å². The van der Waals surface area contributed by atoms with Gasteiger partial charge in [0.2, 0.25) is 0 Å². The highest BCUT2D eigenvalue weighted by atomic mass is 15.2. The van der Waals surface area contributed by atoms with E-state index < -0.39 is 0 Å². The number of hydrogen-bond donors (Lipinski definition) is 0. The number of anilines is 6. The average Bonchev–Trinajstić information content (AvgIpc) is 3.50. The molecule has 0 N–H and O–H groups in total. The summed E-state index contributed by atoms with van der Waals surface area (Å²) in [6.45, 7) is -0.0236. The Hall–Kier alpha value is -8.28. The SMILES string of the molecule is c1ccc(-c2cc(-c3ccccc3)cc(N3c4cc(C5CCCCC5)ccc4B4c5ccc(C6CCCCC6)cc5N(c5cc(-c6ccccc6)cc(-c6ccccc6)c5)c5cc(-c6ccncn6)cc3c54)c2)cc1. The molecule has 0 radical (unpaired) electrons. The largest absolute Gasteiger partial charge is 0.311 e. The molecule has 5 heteroatoms. The van der Waals surface area contributed by atoms with Gasteiger partial charge in [0, 0.05) is 45.9 Å². The second-order valence-electron chi connectivity index (χ2n) is 21.4. The van der Waals surface area contributed by atoms with Gasteiger partial charge in [-0.25, -0.2) is 9.97 Å². The quantitative estimate of drug-likeness (QED) is 0.135. The lowest BCUT2D eigenvalue weighted by molar-refractivity contribution is 0.444. The first-order valence-electron chi connectivity index (χ1n) is 27.5. The molecule has 2 fully saturated rings. The number of benzene rings is 9. The van der Waals surface area contributed by atoms with Gasteiger partial charge in [-0.1, -0.05) is 184 Å². The Morgan fingerprint density at radius 1 is 0.347 bits per heavy atom. The van der Waals surface area contributed by atoms with Gasteiger partial charge in [0.05, 0.1) is 5.69 Å². The summed E-state index contributed by atoms with van der Waals surface area (Å²) >= 11 is 0. The molecule has 75 heavy (non-hydrogen) atoms. The Bertz CT molecular complexity index is 3350. The molecule has 1 aromatic heterocycles. The fraction of sp³-hybridized carbons (Fsp3) is 0.171. The molecule has 362 valence electrons. The maximum atomic E-state index is 5.01. The maximum absolute atomic E-state index is 5.01. The minimum Gasteiger partial charge on any atom is -0.311 e. The third-order valence-corrected chi connectivity index (χ3v) is 16.9. The first-order valence-corrected chi connectivity index (χ1v) is 27.5. The van der Waals surface area contributed by atoms with Crippen LogP contribution in [0.4, 0.5) is 34.1 Å². The van der Waals surface area contributed by atoms with Gasteiger partial charge in [0.25, 0.3) is 6.71 Å². The van der Waals surface area contributed by atoms with Gasteiger partial charge in [-0.3, -0.25) is 0 Å². The van der Waals surface area contributed by atoms with Crippen molar-refractivity contribution < 1.29 is 0 Å². The van der Waals surface area contributed by atoms with Crippen LogP contribution in [0.25, 0.3) is 55.8 Å². The van der Waals surface area contributed by atoms with E-state index in [1.54, 1.807) is 6.33 Å². The molecule has 0 bridgehead atoms. The standard InChI is InChI=1S/C70H59BN4/c1-7-19-48(20-8-1)54-31-33-63-66(43-54)74(61-39-56(50-23-11-3-12-24-50)37-57(40-61)51-25-13-4-14-26-51)68-45-60(65-35-36-72-47-73-65)46-69-70(68)71(63)64-34-32-55(49-21-9-2-10-22-49)44-67(64)75(69)62-41-58(52-27-15-5-16-28-52)38-59(42-62)53-29-17-6-18-30-53/h3-6,11-18,23-49H,1-2,7-10,19-22H2. The van der Waals surface area contributed by atoms with Crippen LogP contribution in [0.5, 0.6) is 0 Å². The molecule has 0 saturated heterocycles. The van der Waals surface area contributed by atoms with E-state index in [0.717, 1.165) is 22.6 Å². The van der Waals surface area contributed by atoms with Gasteiger partial charge in [-0.05, 0) is 176 Å². The first-order chi connectivity index (χ1) is 37.2. The lowest BCUT2D eigenvalue weighted by atomic mass is 9.33. The van der Waals surface area contributed by atoms with Crippen LogP contribution in [-0.4, -0.2) is 16.7 Å². The van der Waals surface area contributed by atoms with Crippen LogP contribution in [0, 0.1) is 0 Å². The van der Waals surface area contributed by atoms with Gasteiger partial charge < -0.3 is 9.80 Å². The van der Waals surface area contributed by atoms with E-state index in [4.69, 9.17) is 4.98 Å². The van der Waals surface area contributed by atoms with Crippen LogP contribution in [0.3, 0.4) is 0 Å². The van der Waals surface area contributed by atoms with Gasteiger partial charge in [-0.15, -0.1) is 0 Å². The molecule has 0 amide bonds. The van der Waals surface area contributed by atoms with Crippen molar-refractivity contribution in [2.24, 2.45) is 0 Å². The van der Waals surface area contributed by atoms with Crippen LogP contribution in [-0.2, 0) is 0 Å². The molecule has 2 saturated carbocycles. The number of fused-ring (bicyclic) bond motifs is 4. The summed E-state index contributed by atoms with van der Waals surface area (Å²) in [5.74, 6) is 1.07. The molecule has 2 aliphatic carbocycles. The third kappa shape index (κ3) is 8.45. The minimum absolute atomic E-state index is 0.0236. The minimum atomic E-state index is -0.0236. The summed E-state index contributed by atoms with van der Waals surface area (Å²) < 4.78 is 0. The molecule has 3 heterocycles. The lowest BCUT2D eigenvalue weighted by Gasteiger charge is -2.45. The van der Waals surface area contributed by atoms with Crippen LogP contribution in [0.1, 0.15) is 87.2 Å². The Labute approximate surface area is 442 Å². The molecule has 4 nitrogen and oxygen atoms in total. The zero-order valence-corrected chi connectivity index (χ0v) is 42.5. The summed E-state index contributed by atoms with van der Waals surface area (Å²) in [7, 11) is 0. The van der Waals surface area contributed by atoms with E-state index in [1.165, 1.54) is 159 Å². The van der Waals surface area contributed by atoms with E-state index >= 15 is 0 Å². The van der Waals surface area contributed by atoms with Crippen molar-refractivity contribution in [1.82, 2.24) is 9.97 Å². The predicted molar refractivity (Wildman–Crippen MR) is 315 cm³/mol. The molecule has 0 atom stereocenters. The molecule has 14 rings (SSSR count). The molecular weight excluding hydrogens is 908 g/mol. The highest BCUT2D eigenvalue weighted by Crippen LogP contribution is 2.50. The Kier molecular flexibility index (Phi) is 11.8. The highest BCUT2D eigenvalue weighted by molar-refractivity contribution is 7.00. The third-order valence-electron chi connectivity index (χ3n) is 16.9. The molecule has 4 aliphatic rings. The second-order valence-corrected chi connectivity index (χ2v) is 21.4. The van der Waals surface area contributed by atoms with E-state index in [-0.39, 0.29) is 6.71 Å². The fourth-order valence-corrected chi connectivity index (χ4v) is 13.2. The van der Waals surface area contributed by atoms with Gasteiger partial charge in [0.15, 0.2) is 0 Å². The topological polar surface area (TPSA) is 32.3 Å². The number of rotatable bonds is 9. The predicted octanol–water partition coefficient (Wildman–Crippen LogP) is 17.0. The number of hydrogen-bond acceptors (Lipinski definition) is 4. The Balaban J connectivity index is 1.09. The second kappa shape index (κ2) is 19.5. The smallest absolute Gasteiger partial charge is 0.252 e. The summed E-state index contributed by atoms with van der Waals surface area (Å²) in [6.07, 6.45) is 16.3. The van der Waals surface area contributed by atoms with Crippen LogP contribution >= 0.6 is 0 Å². The molecule has 10 aromatic rings. The summed E-state index contributed by atoms with van der Waals surface area (Å²) in [5.41, 5.74) is 25.6. The zero-order valence-electron chi connectivity index (χ0n) is 42.5. The van der Waals surface area contributed by atoms with Gasteiger partial charge >= 0.3 is 0 Å². The van der Waals surface area contributed by atoms with Crippen molar-refractivity contribution in [3.05, 3.63) is 236 Å². The zero-order chi connectivity index (χ0) is 49.7. The van der Waals surface area contributed by atoms with Crippen molar-refractivity contribution in [3.63, 3.8) is 0 Å². The van der Waals surface area contributed by atoms with E-state index in [9.17, 15) is 0 Å². The fourth-order valence-electron chi connectivity index (χ4n) is 13.2. The summed E-state index contributed by atoms with van der Waals surface area (Å²) in [5, 5.41) is 0. The van der Waals surface area contributed by atoms with Crippen molar-refractivity contribution in [3.8, 4) is 55.8 Å². The summed E-state index contributed by atoms with van der Waals surface area (Å²) in [4.78, 5) is 14.7. The van der Waals surface area contributed by atoms with Gasteiger partial charge in [0.1, 0.15) is 6.33 Å². The van der Waals surface area contributed by atoms with Crippen LogP contribution in [0.15, 0.2) is 225 Å². The highest BCUT2D eigenvalue weighted by Gasteiger charge is 2.44. The molecule has 2 aliphatic heterocycles. The molecular formula is C70H59BN4. The average molecular weight is 967 g/mol. The van der Waals surface area contributed by atoms with Crippen molar-refractivity contribution in [2.75, 3.05) is 9.80 Å². The maximum Gasteiger partial charge on any atom is 0.252 e. The van der Waals surface area contributed by atoms with Crippen LogP contribution in [0.2, 0.25) is 0 Å². The first kappa shape index (κ1) is 45.3. The van der Waals surface area contributed by atoms with Crippen molar-refractivity contribution in [2.45, 2.75) is 76.0 Å². The monoisotopic (exact) mass is 966 g/mol. The molecule has 9 aromatic carbocycles. The molecule has 0 spiro atoms. The lowest BCUT2D eigenvalue weighted by Crippen LogP contribution is -2.61. The normalized spacial score (nSPS) is 15.3. The number of aromatic nitrogens is 2. The van der Waals surface area contributed by atoms with E-state index in [1.807, 2.05) is 6.20 Å². The summed E-state index contributed by atoms with van der Waals surface area (Å²) in [6, 6.07) is 80.4. The Morgan fingerprint density at radius 2 is 0.747 bits per heavy atom.